The van der Waals surface area contributed by atoms with E-state index in [1.807, 2.05) is 18.2 Å². The number of hydrogen-bond donors (Lipinski definition) is 3. The lowest BCUT2D eigenvalue weighted by Crippen LogP contribution is -2.40. The first-order valence-corrected chi connectivity index (χ1v) is 14.6. The fraction of sp³-hybridized carbons (Fsp3) is 0.600. The zero-order valence-corrected chi connectivity index (χ0v) is 25.0. The number of nitrogens with one attached hydrogen (secondary N) is 3. The van der Waals surface area contributed by atoms with Crippen LogP contribution in [0.15, 0.2) is 29.0 Å². The van der Waals surface area contributed by atoms with Crippen LogP contribution in [-0.2, 0) is 22.6 Å². The number of rotatable bonds is 9. The number of alkyl halides is 5. The van der Waals surface area contributed by atoms with Gasteiger partial charge in [-0.2, -0.15) is 13.2 Å². The molecule has 2 amide bonds. The lowest BCUT2D eigenvalue weighted by atomic mass is 9.79. The Kier molecular flexibility index (Phi) is 10.3. The van der Waals surface area contributed by atoms with Gasteiger partial charge >= 0.3 is 6.18 Å². The number of amides is 2. The number of methoxy groups -OCH3 is 1. The van der Waals surface area contributed by atoms with Crippen LogP contribution < -0.4 is 10.6 Å². The first-order chi connectivity index (χ1) is 20.7. The number of carbonyl (C=O) groups is 2. The molecule has 0 radical (unpaired) electrons. The highest BCUT2D eigenvalue weighted by Crippen LogP contribution is 2.44. The third-order valence-corrected chi connectivity index (χ3v) is 7.53. The van der Waals surface area contributed by atoms with Crippen LogP contribution in [0.5, 0.6) is 0 Å². The second kappa shape index (κ2) is 13.6. The molecule has 0 spiro atoms. The molecule has 3 saturated carbocycles. The molecule has 3 aliphatic carbocycles. The summed E-state index contributed by atoms with van der Waals surface area (Å²) in [6.07, 6.45) is 3.56. The van der Waals surface area contributed by atoms with Gasteiger partial charge in [0.15, 0.2) is 11.3 Å². The quantitative estimate of drug-likeness (QED) is 0.231. The minimum atomic E-state index is -4.28. The Balaban J connectivity index is 0.000000310. The minimum Gasteiger partial charge on any atom is -0.369 e. The maximum atomic E-state index is 12.9. The summed E-state index contributed by atoms with van der Waals surface area (Å²) >= 11 is 0. The number of ether oxygens (including phenoxy) is 1. The fourth-order valence-corrected chi connectivity index (χ4v) is 4.23. The van der Waals surface area contributed by atoms with Crippen molar-refractivity contribution in [3.8, 4) is 0 Å². The van der Waals surface area contributed by atoms with Crippen molar-refractivity contribution >= 4 is 22.8 Å². The van der Waals surface area contributed by atoms with E-state index >= 15 is 0 Å². The van der Waals surface area contributed by atoms with E-state index in [0.29, 0.717) is 24.0 Å². The van der Waals surface area contributed by atoms with Gasteiger partial charge in [0.25, 0.3) is 5.91 Å². The molecule has 1 aromatic carbocycles. The summed E-state index contributed by atoms with van der Waals surface area (Å²) < 4.78 is 70.0. The summed E-state index contributed by atoms with van der Waals surface area (Å²) in [5, 5.41) is 9.41. The molecule has 0 saturated heterocycles. The lowest BCUT2D eigenvalue weighted by molar-refractivity contribution is -0.255. The molecule has 14 heteroatoms. The Labute approximate surface area is 251 Å². The number of nitrogens with zero attached hydrogens (tertiary/aromatic N) is 2. The van der Waals surface area contributed by atoms with Crippen molar-refractivity contribution in [1.29, 1.82) is 0 Å². The zero-order chi connectivity index (χ0) is 32.1. The SMILES string of the molecule is C1CC1.COC(C)(C)C(F)(F)F.O=C(CC1CC(F)(F)C1)NCc1ccc2nc(CNC(=O)c3nocc3C3CC3)[nH]c2c1. The normalized spacial score (nSPS) is 17.5. The highest BCUT2D eigenvalue weighted by Gasteiger charge is 2.47. The maximum absolute atomic E-state index is 12.9. The van der Waals surface area contributed by atoms with Gasteiger partial charge in [0.05, 0.1) is 17.6 Å². The van der Waals surface area contributed by atoms with Crippen LogP contribution >= 0.6 is 0 Å². The summed E-state index contributed by atoms with van der Waals surface area (Å²) in [7, 11) is 1.04. The monoisotopic (exact) mass is 627 g/mol. The van der Waals surface area contributed by atoms with Crippen molar-refractivity contribution in [2.45, 2.75) is 102 Å². The van der Waals surface area contributed by atoms with Gasteiger partial charge in [-0.25, -0.2) is 13.8 Å². The molecular weight excluding hydrogens is 589 g/mol. The van der Waals surface area contributed by atoms with Gasteiger partial charge in [-0.1, -0.05) is 30.5 Å². The number of carbonyl (C=O) groups excluding carboxylic acids is 2. The molecule has 2 heterocycles. The van der Waals surface area contributed by atoms with Crippen LogP contribution in [0.3, 0.4) is 0 Å². The predicted octanol–water partition coefficient (Wildman–Crippen LogP) is 6.55. The van der Waals surface area contributed by atoms with Crippen LogP contribution in [0.4, 0.5) is 22.0 Å². The van der Waals surface area contributed by atoms with E-state index in [2.05, 4.69) is 30.5 Å². The highest BCUT2D eigenvalue weighted by molar-refractivity contribution is 5.93. The van der Waals surface area contributed by atoms with Crippen molar-refractivity contribution < 1.29 is 40.8 Å². The van der Waals surface area contributed by atoms with Gasteiger partial charge in [-0.15, -0.1) is 0 Å². The predicted molar refractivity (Wildman–Crippen MR) is 151 cm³/mol. The van der Waals surface area contributed by atoms with Crippen LogP contribution in [0, 0.1) is 5.92 Å². The number of halogens is 5. The topological polar surface area (TPSA) is 122 Å². The van der Waals surface area contributed by atoms with E-state index in [1.165, 1.54) is 25.5 Å². The van der Waals surface area contributed by atoms with Crippen molar-refractivity contribution in [3.05, 3.63) is 47.1 Å². The molecule has 0 bridgehead atoms. The zero-order valence-electron chi connectivity index (χ0n) is 25.0. The number of H-pyrrole nitrogens is 1. The number of fused-ring (bicyclic) bond motifs is 1. The molecule has 3 aliphatic rings. The first kappa shape index (κ1) is 33.3. The smallest absolute Gasteiger partial charge is 0.369 e. The van der Waals surface area contributed by atoms with Gasteiger partial charge in [0, 0.05) is 38.5 Å². The second-order valence-electron chi connectivity index (χ2n) is 12.0. The Hall–Kier alpha value is -3.55. The fourth-order valence-electron chi connectivity index (χ4n) is 4.23. The van der Waals surface area contributed by atoms with Crippen molar-refractivity contribution in [2.75, 3.05) is 7.11 Å². The molecule has 0 unspecified atom stereocenters. The Morgan fingerprint density at radius 3 is 2.32 bits per heavy atom. The molecule has 3 fully saturated rings. The number of aromatic amines is 1. The van der Waals surface area contributed by atoms with Gasteiger partial charge < -0.3 is 24.9 Å². The average molecular weight is 628 g/mol. The third-order valence-electron chi connectivity index (χ3n) is 7.53. The van der Waals surface area contributed by atoms with Crippen LogP contribution in [-0.4, -0.2) is 51.7 Å². The number of imidazole rings is 1. The molecule has 0 aliphatic heterocycles. The molecule has 3 N–H and O–H groups in total. The molecule has 0 atom stereocenters. The van der Waals surface area contributed by atoms with E-state index in [0.717, 1.165) is 56.0 Å². The molecule has 9 nitrogen and oxygen atoms in total. The largest absolute Gasteiger partial charge is 0.416 e. The van der Waals surface area contributed by atoms with Gasteiger partial charge in [-0.3, -0.25) is 9.59 Å². The molecular formula is C30H38F5N5O4. The first-order valence-electron chi connectivity index (χ1n) is 14.6. The number of aromatic nitrogens is 3. The second-order valence-corrected chi connectivity index (χ2v) is 12.0. The summed E-state index contributed by atoms with van der Waals surface area (Å²) in [4.78, 5) is 32.1. The van der Waals surface area contributed by atoms with Crippen LogP contribution in [0.1, 0.15) is 98.6 Å². The van der Waals surface area contributed by atoms with Gasteiger partial charge in [0.2, 0.25) is 11.8 Å². The van der Waals surface area contributed by atoms with E-state index < -0.39 is 17.7 Å². The van der Waals surface area contributed by atoms with Crippen LogP contribution in [0.25, 0.3) is 11.0 Å². The summed E-state index contributed by atoms with van der Waals surface area (Å²) in [6, 6.07) is 5.54. The highest BCUT2D eigenvalue weighted by atomic mass is 19.4. The number of benzene rings is 1. The molecule has 6 rings (SSSR count). The molecule has 2 aromatic heterocycles. The van der Waals surface area contributed by atoms with E-state index in [9.17, 15) is 31.5 Å². The standard InChI is InChI=1S/C22H23F2N5O3.C5H9F3O.C3H6/c23-22(24)7-13(8-22)6-19(30)25-9-12-1-4-16-17(5-12)28-18(27-16)10-26-21(31)20-15(11-32-29-20)14-2-3-14;1-4(2,9-3)5(6,7)8;1-2-3-1/h1,4-5,11,13-14H,2-3,6-10H2,(H,25,30)(H,26,31)(H,27,28);1-3H3;1-3H2. The number of hydrogen-bond acceptors (Lipinski definition) is 6. The van der Waals surface area contributed by atoms with E-state index in [-0.39, 0.29) is 43.5 Å². The Bertz CT molecular complexity index is 1420. The van der Waals surface area contributed by atoms with Crippen molar-refractivity contribution in [3.63, 3.8) is 0 Å². The third kappa shape index (κ3) is 9.47. The van der Waals surface area contributed by atoms with Crippen LogP contribution in [0.2, 0.25) is 0 Å². The molecule has 44 heavy (non-hydrogen) atoms. The Morgan fingerprint density at radius 1 is 1.09 bits per heavy atom. The van der Waals surface area contributed by atoms with Crippen molar-refractivity contribution in [1.82, 2.24) is 25.8 Å². The molecule has 3 aromatic rings. The van der Waals surface area contributed by atoms with E-state index in [4.69, 9.17) is 4.52 Å². The van der Waals surface area contributed by atoms with Crippen molar-refractivity contribution in [2.24, 2.45) is 5.92 Å². The maximum Gasteiger partial charge on any atom is 0.416 e. The molecule has 242 valence electrons. The van der Waals surface area contributed by atoms with Gasteiger partial charge in [-0.05, 0) is 56.2 Å². The lowest BCUT2D eigenvalue weighted by Gasteiger charge is -2.34. The Morgan fingerprint density at radius 2 is 1.77 bits per heavy atom. The summed E-state index contributed by atoms with van der Waals surface area (Å²) in [6.45, 7) is 2.47. The van der Waals surface area contributed by atoms with Gasteiger partial charge in [0.1, 0.15) is 12.1 Å². The average Bonchev–Trinajstić information content (AvgIpc) is 3.89. The summed E-state index contributed by atoms with van der Waals surface area (Å²) in [5.74, 6) is -2.41. The summed E-state index contributed by atoms with van der Waals surface area (Å²) in [5.41, 5.74) is 1.53. The minimum absolute atomic E-state index is 0.125. The van der Waals surface area contributed by atoms with E-state index in [1.54, 1.807) is 0 Å².